The number of halogens is 4. The number of carbonyl (C=O) groups is 2. The molecule has 0 unspecified atom stereocenters. The monoisotopic (exact) mass is 439 g/mol. The quantitative estimate of drug-likeness (QED) is 0.245. The van der Waals surface area contributed by atoms with Gasteiger partial charge in [-0.1, -0.05) is 6.07 Å². The zero-order valence-electron chi connectivity index (χ0n) is 16.1. The largest absolute Gasteiger partial charge is 0.323 e. The zero-order valence-corrected chi connectivity index (χ0v) is 16.1. The molecule has 0 saturated heterocycles. The van der Waals surface area contributed by atoms with Gasteiger partial charge in [-0.15, -0.1) is 0 Å². The molecule has 5 nitrogen and oxygen atoms in total. The predicted molar refractivity (Wildman–Crippen MR) is 111 cm³/mol. The number of amides is 2. The molecule has 0 aliphatic carbocycles. The second-order valence-corrected chi connectivity index (χ2v) is 6.73. The molecular formula is C23H13F4N3O2. The molecule has 32 heavy (non-hydrogen) atoms. The lowest BCUT2D eigenvalue weighted by Gasteiger charge is -2.12. The van der Waals surface area contributed by atoms with Crippen LogP contribution in [0, 0.1) is 23.3 Å². The van der Waals surface area contributed by atoms with Crippen LogP contribution in [0.3, 0.4) is 0 Å². The van der Waals surface area contributed by atoms with Crippen molar-refractivity contribution < 1.29 is 27.2 Å². The SMILES string of the molecule is O=C(Nc1ccc(F)cc1)Nc1cc(F)c(F)c(C(=O)c2ccc3ncccc3c2)c1F. The van der Waals surface area contributed by atoms with Crippen LogP contribution < -0.4 is 10.6 Å². The third kappa shape index (κ3) is 4.13. The van der Waals surface area contributed by atoms with Crippen LogP contribution in [0.25, 0.3) is 10.9 Å². The molecule has 2 N–H and O–H groups in total. The van der Waals surface area contributed by atoms with Crippen molar-refractivity contribution in [1.29, 1.82) is 0 Å². The van der Waals surface area contributed by atoms with E-state index in [1.807, 2.05) is 5.32 Å². The molecular weight excluding hydrogens is 426 g/mol. The molecule has 160 valence electrons. The number of rotatable bonds is 4. The fourth-order valence-electron chi connectivity index (χ4n) is 3.07. The van der Waals surface area contributed by atoms with Crippen LogP contribution in [0.5, 0.6) is 0 Å². The van der Waals surface area contributed by atoms with E-state index in [9.17, 15) is 27.2 Å². The van der Waals surface area contributed by atoms with Gasteiger partial charge in [0.25, 0.3) is 0 Å². The molecule has 0 aliphatic heterocycles. The second-order valence-electron chi connectivity index (χ2n) is 6.73. The number of fused-ring (bicyclic) bond motifs is 1. The first kappa shape index (κ1) is 21.0. The Kier molecular flexibility index (Phi) is 5.55. The molecule has 4 aromatic rings. The highest BCUT2D eigenvalue weighted by Gasteiger charge is 2.26. The van der Waals surface area contributed by atoms with Crippen molar-refractivity contribution in [3.8, 4) is 0 Å². The third-order valence-corrected chi connectivity index (χ3v) is 4.60. The summed E-state index contributed by atoms with van der Waals surface area (Å²) in [5, 5.41) is 4.87. The van der Waals surface area contributed by atoms with Crippen molar-refractivity contribution in [2.75, 3.05) is 10.6 Å². The number of aromatic nitrogens is 1. The molecule has 1 heterocycles. The fraction of sp³-hybridized carbons (Fsp3) is 0. The van der Waals surface area contributed by atoms with Crippen LogP contribution in [0.4, 0.5) is 33.7 Å². The van der Waals surface area contributed by atoms with Crippen molar-refractivity contribution in [3.05, 3.63) is 101 Å². The van der Waals surface area contributed by atoms with E-state index in [1.54, 1.807) is 18.3 Å². The first-order valence-electron chi connectivity index (χ1n) is 9.24. The van der Waals surface area contributed by atoms with Crippen LogP contribution in [0.1, 0.15) is 15.9 Å². The summed E-state index contributed by atoms with van der Waals surface area (Å²) in [4.78, 5) is 29.0. The minimum Gasteiger partial charge on any atom is -0.308 e. The molecule has 0 atom stereocenters. The Balaban J connectivity index is 1.66. The number of carbonyl (C=O) groups excluding carboxylic acids is 2. The molecule has 0 aliphatic rings. The Morgan fingerprint density at radius 3 is 2.31 bits per heavy atom. The summed E-state index contributed by atoms with van der Waals surface area (Å²) < 4.78 is 56.5. The summed E-state index contributed by atoms with van der Waals surface area (Å²) in [6.07, 6.45) is 1.55. The number of hydrogen-bond acceptors (Lipinski definition) is 3. The Labute approximate surface area is 178 Å². The highest BCUT2D eigenvalue weighted by molar-refractivity contribution is 6.11. The van der Waals surface area contributed by atoms with E-state index in [0.717, 1.165) is 12.1 Å². The summed E-state index contributed by atoms with van der Waals surface area (Å²) in [6, 6.07) is 11.6. The number of pyridine rings is 1. The third-order valence-electron chi connectivity index (χ3n) is 4.60. The van der Waals surface area contributed by atoms with Crippen molar-refractivity contribution in [2.45, 2.75) is 0 Å². The van der Waals surface area contributed by atoms with Gasteiger partial charge in [0.15, 0.2) is 23.2 Å². The molecule has 0 bridgehead atoms. The van der Waals surface area contributed by atoms with Crippen molar-refractivity contribution in [1.82, 2.24) is 4.98 Å². The topological polar surface area (TPSA) is 71.1 Å². The molecule has 1 aromatic heterocycles. The van der Waals surface area contributed by atoms with Gasteiger partial charge in [-0.05, 0) is 48.5 Å². The van der Waals surface area contributed by atoms with Gasteiger partial charge in [-0.25, -0.2) is 22.4 Å². The second kappa shape index (κ2) is 8.46. The van der Waals surface area contributed by atoms with Crippen LogP contribution in [0.15, 0.2) is 66.9 Å². The van der Waals surface area contributed by atoms with E-state index in [4.69, 9.17) is 0 Å². The Hall–Kier alpha value is -4.27. The summed E-state index contributed by atoms with van der Waals surface area (Å²) in [5.74, 6) is -6.27. The van der Waals surface area contributed by atoms with Crippen LogP contribution in [0.2, 0.25) is 0 Å². The maximum absolute atomic E-state index is 15.0. The van der Waals surface area contributed by atoms with Gasteiger partial charge in [-0.2, -0.15) is 0 Å². The molecule has 0 radical (unpaired) electrons. The lowest BCUT2D eigenvalue weighted by atomic mass is 9.99. The van der Waals surface area contributed by atoms with Gasteiger partial charge >= 0.3 is 6.03 Å². The summed E-state index contributed by atoms with van der Waals surface area (Å²) in [6.45, 7) is 0. The number of nitrogens with zero attached hydrogens (tertiary/aromatic N) is 1. The Bertz CT molecular complexity index is 1360. The van der Waals surface area contributed by atoms with Gasteiger partial charge in [0.05, 0.1) is 16.8 Å². The van der Waals surface area contributed by atoms with Crippen LogP contribution >= 0.6 is 0 Å². The molecule has 0 fully saturated rings. The molecule has 0 saturated carbocycles. The summed E-state index contributed by atoms with van der Waals surface area (Å²) in [7, 11) is 0. The molecule has 4 rings (SSSR count). The molecule has 3 aromatic carbocycles. The van der Waals surface area contributed by atoms with Gasteiger partial charge < -0.3 is 10.6 Å². The predicted octanol–water partition coefficient (Wildman–Crippen LogP) is 5.67. The maximum Gasteiger partial charge on any atom is 0.323 e. The van der Waals surface area contributed by atoms with Gasteiger partial charge in [0, 0.05) is 28.9 Å². The average molecular weight is 439 g/mol. The van der Waals surface area contributed by atoms with Gasteiger partial charge in [0.1, 0.15) is 5.82 Å². The average Bonchev–Trinajstić information content (AvgIpc) is 2.78. The lowest BCUT2D eigenvalue weighted by Crippen LogP contribution is -2.21. The number of nitrogens with one attached hydrogen (secondary N) is 2. The first-order chi connectivity index (χ1) is 15.3. The number of anilines is 2. The maximum atomic E-state index is 15.0. The highest BCUT2D eigenvalue weighted by Crippen LogP contribution is 2.27. The minimum absolute atomic E-state index is 0.0874. The standard InChI is InChI=1S/C23H13F4N3O2/c24-14-4-6-15(7-5-14)29-23(32)30-18-11-16(25)20(26)19(21(18)27)22(31)13-3-8-17-12(10-13)2-1-9-28-17/h1-11H,(H2,29,30,32). The highest BCUT2D eigenvalue weighted by atomic mass is 19.2. The normalized spacial score (nSPS) is 10.8. The van der Waals surface area contributed by atoms with E-state index >= 15 is 0 Å². The number of benzene rings is 3. The van der Waals surface area contributed by atoms with E-state index in [-0.39, 0.29) is 11.3 Å². The van der Waals surface area contributed by atoms with Gasteiger partial charge in [-0.3, -0.25) is 9.78 Å². The zero-order chi connectivity index (χ0) is 22.8. The molecule has 2 amide bonds. The van der Waals surface area contributed by atoms with Crippen molar-refractivity contribution in [3.63, 3.8) is 0 Å². The Morgan fingerprint density at radius 1 is 0.812 bits per heavy atom. The number of urea groups is 1. The van der Waals surface area contributed by atoms with E-state index in [2.05, 4.69) is 10.3 Å². The van der Waals surface area contributed by atoms with Gasteiger partial charge in [0.2, 0.25) is 0 Å². The lowest BCUT2D eigenvalue weighted by molar-refractivity contribution is 0.103. The number of ketones is 1. The van der Waals surface area contributed by atoms with Crippen LogP contribution in [-0.4, -0.2) is 16.8 Å². The summed E-state index contributed by atoms with van der Waals surface area (Å²) >= 11 is 0. The minimum atomic E-state index is -1.68. The fourth-order valence-corrected chi connectivity index (χ4v) is 3.07. The smallest absolute Gasteiger partial charge is 0.308 e. The van der Waals surface area contributed by atoms with Crippen molar-refractivity contribution in [2.24, 2.45) is 0 Å². The van der Waals surface area contributed by atoms with E-state index < -0.39 is 46.3 Å². The number of hydrogen-bond donors (Lipinski definition) is 2. The first-order valence-corrected chi connectivity index (χ1v) is 9.24. The summed E-state index contributed by atoms with van der Waals surface area (Å²) in [5.41, 5.74) is -1.24. The van der Waals surface area contributed by atoms with Crippen LogP contribution in [-0.2, 0) is 0 Å². The molecule has 0 spiro atoms. The van der Waals surface area contributed by atoms with E-state index in [0.29, 0.717) is 17.0 Å². The molecule has 9 heteroatoms. The van der Waals surface area contributed by atoms with Crippen molar-refractivity contribution >= 4 is 34.1 Å². The van der Waals surface area contributed by atoms with E-state index in [1.165, 1.54) is 30.3 Å². The Morgan fingerprint density at radius 2 is 1.56 bits per heavy atom.